The standard InChI is InChI=1S/C19H18N4O3/c1-20-18(25)13-7-9-15(10-8-13)21-16(24)11-12-17-22-23-19(26-17)14-5-3-2-4-6-14/h2-10H,11-12H2,1H3,(H,20,25)(H,21,24). The van der Waals surface area contributed by atoms with E-state index in [0.717, 1.165) is 5.56 Å². The predicted molar refractivity (Wildman–Crippen MR) is 96.5 cm³/mol. The van der Waals surface area contributed by atoms with E-state index in [1.54, 1.807) is 31.3 Å². The van der Waals surface area contributed by atoms with E-state index in [1.807, 2.05) is 30.3 Å². The number of carbonyl (C=O) groups is 2. The van der Waals surface area contributed by atoms with Crippen molar-refractivity contribution in [1.29, 1.82) is 0 Å². The van der Waals surface area contributed by atoms with E-state index in [4.69, 9.17) is 4.42 Å². The Balaban J connectivity index is 1.53. The van der Waals surface area contributed by atoms with Crippen LogP contribution in [-0.4, -0.2) is 29.1 Å². The number of aromatic nitrogens is 2. The second kappa shape index (κ2) is 8.06. The van der Waals surface area contributed by atoms with E-state index in [1.165, 1.54) is 0 Å². The molecule has 2 aromatic carbocycles. The lowest BCUT2D eigenvalue weighted by molar-refractivity contribution is -0.116. The molecule has 2 N–H and O–H groups in total. The zero-order chi connectivity index (χ0) is 18.4. The van der Waals surface area contributed by atoms with E-state index >= 15 is 0 Å². The fourth-order valence-electron chi connectivity index (χ4n) is 2.35. The number of nitrogens with zero attached hydrogens (tertiary/aromatic N) is 2. The van der Waals surface area contributed by atoms with Gasteiger partial charge < -0.3 is 15.1 Å². The van der Waals surface area contributed by atoms with Gasteiger partial charge in [0.05, 0.1) is 0 Å². The molecule has 0 unspecified atom stereocenters. The summed E-state index contributed by atoms with van der Waals surface area (Å²) < 4.78 is 5.58. The summed E-state index contributed by atoms with van der Waals surface area (Å²) in [7, 11) is 1.57. The van der Waals surface area contributed by atoms with Gasteiger partial charge in [-0.25, -0.2) is 0 Å². The summed E-state index contributed by atoms with van der Waals surface area (Å²) >= 11 is 0. The molecule has 3 rings (SSSR count). The Morgan fingerprint density at radius 1 is 1.00 bits per heavy atom. The van der Waals surface area contributed by atoms with Gasteiger partial charge in [-0.1, -0.05) is 18.2 Å². The first-order valence-corrected chi connectivity index (χ1v) is 8.15. The van der Waals surface area contributed by atoms with E-state index in [2.05, 4.69) is 20.8 Å². The summed E-state index contributed by atoms with van der Waals surface area (Å²) in [6, 6.07) is 16.1. The van der Waals surface area contributed by atoms with Gasteiger partial charge in [-0.05, 0) is 36.4 Å². The molecular formula is C19H18N4O3. The molecule has 0 atom stereocenters. The van der Waals surface area contributed by atoms with Crippen LogP contribution >= 0.6 is 0 Å². The molecule has 0 fully saturated rings. The van der Waals surface area contributed by atoms with Crippen molar-refractivity contribution in [3.8, 4) is 11.5 Å². The summed E-state index contributed by atoms with van der Waals surface area (Å²) in [5.74, 6) is 0.505. The zero-order valence-electron chi connectivity index (χ0n) is 14.2. The number of benzene rings is 2. The van der Waals surface area contributed by atoms with Crippen molar-refractivity contribution < 1.29 is 14.0 Å². The lowest BCUT2D eigenvalue weighted by atomic mass is 10.2. The molecule has 0 saturated carbocycles. The Kier molecular flexibility index (Phi) is 5.38. The molecular weight excluding hydrogens is 332 g/mol. The van der Waals surface area contributed by atoms with Gasteiger partial charge in [0.15, 0.2) is 0 Å². The van der Waals surface area contributed by atoms with Crippen LogP contribution in [0, 0.1) is 0 Å². The van der Waals surface area contributed by atoms with Crippen molar-refractivity contribution in [2.24, 2.45) is 0 Å². The summed E-state index contributed by atoms with van der Waals surface area (Å²) in [5.41, 5.74) is 2.00. The number of hydrogen-bond acceptors (Lipinski definition) is 5. The van der Waals surface area contributed by atoms with Crippen molar-refractivity contribution in [1.82, 2.24) is 15.5 Å². The molecule has 0 radical (unpaired) electrons. The molecule has 1 heterocycles. The molecule has 7 nitrogen and oxygen atoms in total. The summed E-state index contributed by atoms with van der Waals surface area (Å²) in [6.07, 6.45) is 0.565. The maximum Gasteiger partial charge on any atom is 0.251 e. The lowest BCUT2D eigenvalue weighted by Crippen LogP contribution is -2.18. The predicted octanol–water partition coefficient (Wildman–Crippen LogP) is 2.67. The average molecular weight is 350 g/mol. The number of aryl methyl sites for hydroxylation is 1. The fraction of sp³-hybridized carbons (Fsp3) is 0.158. The normalized spacial score (nSPS) is 10.3. The molecule has 0 aliphatic heterocycles. The van der Waals surface area contributed by atoms with Gasteiger partial charge in [0.25, 0.3) is 5.91 Å². The molecule has 132 valence electrons. The SMILES string of the molecule is CNC(=O)c1ccc(NC(=O)CCc2nnc(-c3ccccc3)o2)cc1. The number of hydrogen-bond donors (Lipinski definition) is 2. The smallest absolute Gasteiger partial charge is 0.251 e. The lowest BCUT2D eigenvalue weighted by Gasteiger charge is -2.05. The van der Waals surface area contributed by atoms with Gasteiger partial charge in [-0.15, -0.1) is 10.2 Å². The van der Waals surface area contributed by atoms with Crippen LogP contribution < -0.4 is 10.6 Å². The highest BCUT2D eigenvalue weighted by atomic mass is 16.4. The number of anilines is 1. The maximum absolute atomic E-state index is 12.1. The minimum Gasteiger partial charge on any atom is -0.421 e. The number of nitrogens with one attached hydrogen (secondary N) is 2. The monoisotopic (exact) mass is 350 g/mol. The highest BCUT2D eigenvalue weighted by Gasteiger charge is 2.11. The Bertz CT molecular complexity index is 889. The fourth-order valence-corrected chi connectivity index (χ4v) is 2.35. The van der Waals surface area contributed by atoms with Crippen molar-refractivity contribution in [2.45, 2.75) is 12.8 Å². The quantitative estimate of drug-likeness (QED) is 0.712. The average Bonchev–Trinajstić information content (AvgIpc) is 3.16. The van der Waals surface area contributed by atoms with Crippen LogP contribution in [0.1, 0.15) is 22.7 Å². The second-order valence-corrected chi connectivity index (χ2v) is 5.57. The number of amides is 2. The van der Waals surface area contributed by atoms with Crippen LogP contribution in [0.25, 0.3) is 11.5 Å². The van der Waals surface area contributed by atoms with Gasteiger partial charge in [0, 0.05) is 36.7 Å². The first-order chi connectivity index (χ1) is 12.7. The number of carbonyl (C=O) groups excluding carboxylic acids is 2. The summed E-state index contributed by atoms with van der Waals surface area (Å²) in [5, 5.41) is 13.3. The van der Waals surface area contributed by atoms with Crippen molar-refractivity contribution in [2.75, 3.05) is 12.4 Å². The topological polar surface area (TPSA) is 97.1 Å². The largest absolute Gasteiger partial charge is 0.421 e. The Hall–Kier alpha value is -3.48. The van der Waals surface area contributed by atoms with E-state index in [-0.39, 0.29) is 18.2 Å². The van der Waals surface area contributed by atoms with Crippen LogP contribution in [0.4, 0.5) is 5.69 Å². The molecule has 2 amide bonds. The Morgan fingerprint density at radius 2 is 1.73 bits per heavy atom. The molecule has 0 bridgehead atoms. The molecule has 7 heteroatoms. The molecule has 0 aliphatic rings. The highest BCUT2D eigenvalue weighted by Crippen LogP contribution is 2.17. The highest BCUT2D eigenvalue weighted by molar-refractivity contribution is 5.95. The van der Waals surface area contributed by atoms with Crippen LogP contribution in [0.3, 0.4) is 0 Å². The summed E-state index contributed by atoms with van der Waals surface area (Å²) in [6.45, 7) is 0. The van der Waals surface area contributed by atoms with Crippen molar-refractivity contribution >= 4 is 17.5 Å². The van der Waals surface area contributed by atoms with Crippen molar-refractivity contribution in [3.63, 3.8) is 0 Å². The van der Waals surface area contributed by atoms with Gasteiger partial charge >= 0.3 is 0 Å². The molecule has 0 saturated heterocycles. The minimum atomic E-state index is -0.173. The molecule has 3 aromatic rings. The zero-order valence-corrected chi connectivity index (χ0v) is 14.2. The molecule has 26 heavy (non-hydrogen) atoms. The van der Waals surface area contributed by atoms with Crippen LogP contribution in [-0.2, 0) is 11.2 Å². The van der Waals surface area contributed by atoms with Crippen LogP contribution in [0.5, 0.6) is 0 Å². The minimum absolute atomic E-state index is 0.169. The molecule has 1 aromatic heterocycles. The summed E-state index contributed by atoms with van der Waals surface area (Å²) in [4.78, 5) is 23.5. The second-order valence-electron chi connectivity index (χ2n) is 5.57. The first kappa shape index (κ1) is 17.3. The van der Waals surface area contributed by atoms with Gasteiger partial charge in [-0.3, -0.25) is 9.59 Å². The van der Waals surface area contributed by atoms with E-state index in [9.17, 15) is 9.59 Å². The molecule has 0 spiro atoms. The van der Waals surface area contributed by atoms with Gasteiger partial charge in [0.2, 0.25) is 17.7 Å². The third-order valence-corrected chi connectivity index (χ3v) is 3.71. The Morgan fingerprint density at radius 3 is 2.42 bits per heavy atom. The third-order valence-electron chi connectivity index (χ3n) is 3.71. The first-order valence-electron chi connectivity index (χ1n) is 8.15. The van der Waals surface area contributed by atoms with E-state index < -0.39 is 0 Å². The maximum atomic E-state index is 12.1. The van der Waals surface area contributed by atoms with Gasteiger partial charge in [-0.2, -0.15) is 0 Å². The van der Waals surface area contributed by atoms with Gasteiger partial charge in [0.1, 0.15) is 0 Å². The number of rotatable bonds is 6. The van der Waals surface area contributed by atoms with Crippen LogP contribution in [0.15, 0.2) is 59.0 Å². The van der Waals surface area contributed by atoms with E-state index in [0.29, 0.717) is 29.5 Å². The van der Waals surface area contributed by atoms with Crippen LogP contribution in [0.2, 0.25) is 0 Å². The van der Waals surface area contributed by atoms with Crippen molar-refractivity contribution in [3.05, 3.63) is 66.1 Å². The molecule has 0 aliphatic carbocycles. The third kappa shape index (κ3) is 4.32. The Labute approximate surface area is 150 Å².